The second-order valence-corrected chi connectivity index (χ2v) is 5.37. The second-order valence-electron chi connectivity index (χ2n) is 4.42. The lowest BCUT2D eigenvalue weighted by Gasteiger charge is -2.14. The molecule has 3 rings (SSSR count). The molecule has 0 bridgehead atoms. The second kappa shape index (κ2) is 4.93. The molecule has 96 valence electrons. The van der Waals surface area contributed by atoms with Gasteiger partial charge in [0, 0.05) is 25.1 Å². The van der Waals surface area contributed by atoms with Crippen LogP contribution < -0.4 is 4.90 Å². The van der Waals surface area contributed by atoms with Crippen molar-refractivity contribution in [1.29, 1.82) is 0 Å². The van der Waals surface area contributed by atoms with E-state index in [-0.39, 0.29) is 11.8 Å². The van der Waals surface area contributed by atoms with E-state index in [9.17, 15) is 4.79 Å². The molecule has 19 heavy (non-hydrogen) atoms. The molecule has 3 heterocycles. The minimum atomic E-state index is 0.0632. The smallest absolute Gasteiger partial charge is 0.232 e. The summed E-state index contributed by atoms with van der Waals surface area (Å²) in [7, 11) is 0. The van der Waals surface area contributed by atoms with Crippen LogP contribution >= 0.6 is 11.3 Å². The highest BCUT2D eigenvalue weighted by molar-refractivity contribution is 7.13. The van der Waals surface area contributed by atoms with E-state index in [2.05, 4.69) is 16.5 Å². The van der Waals surface area contributed by atoms with Gasteiger partial charge in [0.25, 0.3) is 0 Å². The van der Waals surface area contributed by atoms with Crippen molar-refractivity contribution in [3.8, 4) is 10.6 Å². The van der Waals surface area contributed by atoms with Gasteiger partial charge in [-0.2, -0.15) is 0 Å². The number of anilines is 1. The van der Waals surface area contributed by atoms with Gasteiger partial charge in [-0.1, -0.05) is 12.1 Å². The topological polar surface area (TPSA) is 46.1 Å². The Morgan fingerprint density at radius 3 is 3.05 bits per heavy atom. The molecule has 0 aliphatic carbocycles. The molecule has 0 aromatic carbocycles. The molecule has 2 aromatic heterocycles. The Balaban J connectivity index is 1.92. The number of carbonyl (C=O) groups excluding carboxylic acids is 1. The van der Waals surface area contributed by atoms with Gasteiger partial charge in [0.05, 0.1) is 10.6 Å². The Bertz CT molecular complexity index is 609. The fraction of sp³-hybridized carbons (Fsp3) is 0.214. The van der Waals surface area contributed by atoms with Crippen LogP contribution in [-0.4, -0.2) is 22.4 Å². The monoisotopic (exact) mass is 271 g/mol. The number of rotatable bonds is 3. The Morgan fingerprint density at radius 2 is 2.37 bits per heavy atom. The SMILES string of the molecule is C=CC1CC(=O)N(c2nccc(-c3cccs3)n2)C1. The summed E-state index contributed by atoms with van der Waals surface area (Å²) in [5.41, 5.74) is 0.856. The van der Waals surface area contributed by atoms with Crippen LogP contribution in [0, 0.1) is 5.92 Å². The van der Waals surface area contributed by atoms with Crippen LogP contribution in [0.3, 0.4) is 0 Å². The van der Waals surface area contributed by atoms with Gasteiger partial charge in [-0.05, 0) is 17.5 Å². The highest BCUT2D eigenvalue weighted by Gasteiger charge is 2.30. The lowest BCUT2D eigenvalue weighted by atomic mass is 10.1. The predicted molar refractivity (Wildman–Crippen MR) is 76.0 cm³/mol. The highest BCUT2D eigenvalue weighted by Crippen LogP contribution is 2.26. The Hall–Kier alpha value is -2.01. The third-order valence-corrected chi connectivity index (χ3v) is 4.04. The van der Waals surface area contributed by atoms with Crippen molar-refractivity contribution in [3.05, 3.63) is 42.4 Å². The fourth-order valence-electron chi connectivity index (χ4n) is 2.13. The fourth-order valence-corrected chi connectivity index (χ4v) is 2.82. The van der Waals surface area contributed by atoms with E-state index >= 15 is 0 Å². The minimum absolute atomic E-state index is 0.0632. The van der Waals surface area contributed by atoms with Crippen molar-refractivity contribution in [2.24, 2.45) is 5.92 Å². The normalized spacial score (nSPS) is 18.8. The van der Waals surface area contributed by atoms with Crippen molar-refractivity contribution in [2.45, 2.75) is 6.42 Å². The van der Waals surface area contributed by atoms with Crippen LogP contribution in [0.5, 0.6) is 0 Å². The van der Waals surface area contributed by atoms with E-state index in [1.54, 1.807) is 22.4 Å². The molecule has 0 radical (unpaired) electrons. The Morgan fingerprint density at radius 1 is 1.47 bits per heavy atom. The molecular weight excluding hydrogens is 258 g/mol. The number of amides is 1. The molecule has 0 saturated carbocycles. The quantitative estimate of drug-likeness (QED) is 0.806. The number of hydrogen-bond acceptors (Lipinski definition) is 4. The average molecular weight is 271 g/mol. The maximum absolute atomic E-state index is 11.9. The average Bonchev–Trinajstić information content (AvgIpc) is 3.08. The van der Waals surface area contributed by atoms with Gasteiger partial charge in [-0.15, -0.1) is 17.9 Å². The summed E-state index contributed by atoms with van der Waals surface area (Å²) < 4.78 is 0. The summed E-state index contributed by atoms with van der Waals surface area (Å²) in [5.74, 6) is 0.745. The Labute approximate surface area is 115 Å². The zero-order valence-electron chi connectivity index (χ0n) is 10.3. The van der Waals surface area contributed by atoms with Crippen LogP contribution in [0.2, 0.25) is 0 Å². The minimum Gasteiger partial charge on any atom is -0.280 e. The first-order chi connectivity index (χ1) is 9.28. The maximum Gasteiger partial charge on any atom is 0.232 e. The standard InChI is InChI=1S/C14H13N3OS/c1-2-10-8-13(18)17(9-10)14-15-6-5-11(16-14)12-4-3-7-19-12/h2-7,10H,1,8-9H2. The molecule has 5 heteroatoms. The van der Waals surface area contributed by atoms with Crippen LogP contribution in [0.1, 0.15) is 6.42 Å². The number of thiophene rings is 1. The van der Waals surface area contributed by atoms with Gasteiger partial charge in [0.1, 0.15) is 0 Å². The molecular formula is C14H13N3OS. The van der Waals surface area contributed by atoms with Gasteiger partial charge >= 0.3 is 0 Å². The molecule has 1 aliphatic rings. The molecule has 1 unspecified atom stereocenters. The zero-order valence-corrected chi connectivity index (χ0v) is 11.1. The summed E-state index contributed by atoms with van der Waals surface area (Å²) in [6.07, 6.45) is 4.02. The van der Waals surface area contributed by atoms with Gasteiger partial charge < -0.3 is 0 Å². The van der Waals surface area contributed by atoms with E-state index in [0.29, 0.717) is 18.9 Å². The molecule has 4 nitrogen and oxygen atoms in total. The predicted octanol–water partition coefficient (Wildman–Crippen LogP) is 2.74. The highest BCUT2D eigenvalue weighted by atomic mass is 32.1. The van der Waals surface area contributed by atoms with Crippen LogP contribution in [0.4, 0.5) is 5.95 Å². The number of hydrogen-bond donors (Lipinski definition) is 0. The number of carbonyl (C=O) groups is 1. The van der Waals surface area contributed by atoms with Crippen molar-refractivity contribution >= 4 is 23.2 Å². The van der Waals surface area contributed by atoms with Crippen molar-refractivity contribution in [1.82, 2.24) is 9.97 Å². The molecule has 1 aliphatic heterocycles. The van der Waals surface area contributed by atoms with E-state index < -0.39 is 0 Å². The summed E-state index contributed by atoms with van der Waals surface area (Å²) in [5, 5.41) is 2.01. The van der Waals surface area contributed by atoms with E-state index in [1.807, 2.05) is 29.7 Å². The molecule has 1 amide bonds. The van der Waals surface area contributed by atoms with Crippen molar-refractivity contribution < 1.29 is 4.79 Å². The Kier molecular flexibility index (Phi) is 3.13. The largest absolute Gasteiger partial charge is 0.280 e. The van der Waals surface area contributed by atoms with Crippen molar-refractivity contribution in [3.63, 3.8) is 0 Å². The lowest BCUT2D eigenvalue weighted by molar-refractivity contribution is -0.117. The zero-order chi connectivity index (χ0) is 13.2. The van der Waals surface area contributed by atoms with Gasteiger partial charge in [0.2, 0.25) is 11.9 Å². The first-order valence-corrected chi connectivity index (χ1v) is 6.96. The van der Waals surface area contributed by atoms with Gasteiger partial charge in [0.15, 0.2) is 0 Å². The summed E-state index contributed by atoms with van der Waals surface area (Å²) >= 11 is 1.62. The number of nitrogens with zero attached hydrogens (tertiary/aromatic N) is 3. The van der Waals surface area contributed by atoms with Gasteiger partial charge in [-0.3, -0.25) is 9.69 Å². The third-order valence-electron chi connectivity index (χ3n) is 3.15. The lowest BCUT2D eigenvalue weighted by Crippen LogP contribution is -2.26. The van der Waals surface area contributed by atoms with E-state index in [0.717, 1.165) is 10.6 Å². The number of aromatic nitrogens is 2. The first kappa shape index (κ1) is 12.0. The van der Waals surface area contributed by atoms with E-state index in [4.69, 9.17) is 0 Å². The molecule has 0 N–H and O–H groups in total. The van der Waals surface area contributed by atoms with Crippen molar-refractivity contribution in [2.75, 3.05) is 11.4 Å². The third kappa shape index (κ3) is 2.29. The van der Waals surface area contributed by atoms with E-state index in [1.165, 1.54) is 0 Å². The summed E-state index contributed by atoms with van der Waals surface area (Å²) in [6, 6.07) is 5.85. The van der Waals surface area contributed by atoms with Crippen LogP contribution in [0.25, 0.3) is 10.6 Å². The van der Waals surface area contributed by atoms with Crippen LogP contribution in [-0.2, 0) is 4.79 Å². The van der Waals surface area contributed by atoms with Gasteiger partial charge in [-0.25, -0.2) is 9.97 Å². The first-order valence-electron chi connectivity index (χ1n) is 6.08. The molecule has 1 saturated heterocycles. The van der Waals surface area contributed by atoms with Crippen LogP contribution in [0.15, 0.2) is 42.4 Å². The molecule has 0 spiro atoms. The molecule has 1 fully saturated rings. The molecule has 2 aromatic rings. The maximum atomic E-state index is 11.9. The summed E-state index contributed by atoms with van der Waals surface area (Å²) in [6.45, 7) is 4.37. The summed E-state index contributed by atoms with van der Waals surface area (Å²) in [4.78, 5) is 23.4. The molecule has 1 atom stereocenters.